The molecule has 0 saturated heterocycles. The van der Waals surface area contributed by atoms with Gasteiger partial charge in [-0.1, -0.05) is 30.3 Å². The van der Waals surface area contributed by atoms with E-state index >= 15 is 0 Å². The van der Waals surface area contributed by atoms with Crippen molar-refractivity contribution < 1.29 is 0 Å². The lowest BCUT2D eigenvalue weighted by Crippen LogP contribution is -2.05. The molecule has 3 heteroatoms. The molecule has 1 aromatic heterocycles. The maximum absolute atomic E-state index is 5.98. The zero-order chi connectivity index (χ0) is 17.1. The van der Waals surface area contributed by atoms with E-state index in [2.05, 4.69) is 40.5 Å². The second kappa shape index (κ2) is 7.40. The van der Waals surface area contributed by atoms with Crippen LogP contribution in [0.4, 0.5) is 5.82 Å². The molecule has 0 spiro atoms. The molecule has 0 bridgehead atoms. The summed E-state index contributed by atoms with van der Waals surface area (Å²) in [7, 11) is 0. The molecular weight excluding hydrogens is 316 g/mol. The van der Waals surface area contributed by atoms with Gasteiger partial charge in [0.1, 0.15) is 5.82 Å². The zero-order valence-electron chi connectivity index (χ0n) is 14.5. The summed E-state index contributed by atoms with van der Waals surface area (Å²) < 4.78 is 2.35. The lowest BCUT2D eigenvalue weighted by Gasteiger charge is -2.16. The summed E-state index contributed by atoms with van der Waals surface area (Å²) in [6.45, 7) is 8.11. The molecule has 0 N–H and O–H groups in total. The van der Waals surface area contributed by atoms with Crippen LogP contribution in [0, 0.1) is 5.92 Å². The molecule has 24 heavy (non-hydrogen) atoms. The summed E-state index contributed by atoms with van der Waals surface area (Å²) in [6, 6.07) is 11.0. The van der Waals surface area contributed by atoms with Crippen molar-refractivity contribution in [1.82, 2.24) is 4.57 Å². The van der Waals surface area contributed by atoms with Gasteiger partial charge in [0, 0.05) is 29.0 Å². The Kier molecular flexibility index (Phi) is 5.25. The van der Waals surface area contributed by atoms with E-state index in [0.717, 1.165) is 34.3 Å². The lowest BCUT2D eigenvalue weighted by molar-refractivity contribution is 0.478. The number of rotatable bonds is 5. The molecule has 0 aliphatic heterocycles. The van der Waals surface area contributed by atoms with Crippen molar-refractivity contribution in [2.75, 3.05) is 0 Å². The second-order valence-electron chi connectivity index (χ2n) is 6.79. The Labute approximate surface area is 149 Å². The maximum Gasteiger partial charge on any atom is 0.139 e. The first kappa shape index (κ1) is 17.0. The molecule has 0 radical (unpaired) electrons. The Morgan fingerprint density at radius 1 is 1.29 bits per heavy atom. The number of hydrogen-bond acceptors (Lipinski definition) is 1. The minimum Gasteiger partial charge on any atom is -0.329 e. The highest BCUT2D eigenvalue weighted by Crippen LogP contribution is 2.40. The van der Waals surface area contributed by atoms with Gasteiger partial charge in [-0.3, -0.25) is 0 Å². The van der Waals surface area contributed by atoms with E-state index in [0.29, 0.717) is 6.04 Å². The monoisotopic (exact) mass is 340 g/mol. The van der Waals surface area contributed by atoms with E-state index in [1.54, 1.807) is 0 Å². The summed E-state index contributed by atoms with van der Waals surface area (Å²) in [5.41, 5.74) is 3.62. The fraction of sp³-hybridized carbons (Fsp3) is 0.381. The van der Waals surface area contributed by atoms with Gasteiger partial charge in [-0.15, -0.1) is 0 Å². The van der Waals surface area contributed by atoms with Gasteiger partial charge < -0.3 is 4.57 Å². The van der Waals surface area contributed by atoms with Gasteiger partial charge >= 0.3 is 0 Å². The smallest absolute Gasteiger partial charge is 0.139 e. The molecule has 2 atom stereocenters. The topological polar surface area (TPSA) is 17.3 Å². The van der Waals surface area contributed by atoms with Gasteiger partial charge in [-0.25, -0.2) is 4.99 Å². The molecule has 1 aliphatic carbocycles. The Balaban J connectivity index is 1.73. The third-order valence-corrected chi connectivity index (χ3v) is 5.20. The van der Waals surface area contributed by atoms with E-state index in [4.69, 9.17) is 11.6 Å². The van der Waals surface area contributed by atoms with Crippen LogP contribution in [0.2, 0.25) is 5.02 Å². The van der Waals surface area contributed by atoms with Crippen LogP contribution in [0.15, 0.2) is 48.1 Å². The van der Waals surface area contributed by atoms with E-state index in [1.165, 1.54) is 24.8 Å². The van der Waals surface area contributed by atoms with E-state index in [1.807, 2.05) is 32.2 Å². The standard InChI is InChI=1S/C21H25ClN2/c1-4-23-21-20(15(2)3)11-12-24(21)19-10-7-17(14-19)13-16-5-8-18(22)9-6-16/h4-6,8-9,11-12,17,19H,2,7,10,13-14H2,1,3H3/b23-4-. The van der Waals surface area contributed by atoms with Gasteiger partial charge in [0.25, 0.3) is 0 Å². The van der Waals surface area contributed by atoms with Crippen molar-refractivity contribution >= 4 is 29.2 Å². The molecule has 0 amide bonds. The summed E-state index contributed by atoms with van der Waals surface area (Å²) in [4.78, 5) is 4.61. The predicted molar refractivity (Wildman–Crippen MR) is 105 cm³/mol. The maximum atomic E-state index is 5.98. The highest BCUT2D eigenvalue weighted by molar-refractivity contribution is 6.30. The van der Waals surface area contributed by atoms with Gasteiger partial charge in [-0.05, 0) is 74.8 Å². The molecule has 2 aromatic rings. The molecule has 1 saturated carbocycles. The molecule has 1 heterocycles. The van der Waals surface area contributed by atoms with Crippen LogP contribution in [-0.4, -0.2) is 10.8 Å². The van der Waals surface area contributed by atoms with E-state index in [9.17, 15) is 0 Å². The van der Waals surface area contributed by atoms with Crippen LogP contribution in [0.1, 0.15) is 50.3 Å². The molecule has 1 fully saturated rings. The van der Waals surface area contributed by atoms with Crippen molar-refractivity contribution in [2.24, 2.45) is 10.9 Å². The molecule has 3 rings (SSSR count). The predicted octanol–water partition coefficient (Wildman–Crippen LogP) is 6.48. The fourth-order valence-electron chi connectivity index (χ4n) is 3.77. The van der Waals surface area contributed by atoms with Gasteiger partial charge in [0.15, 0.2) is 0 Å². The van der Waals surface area contributed by atoms with E-state index in [-0.39, 0.29) is 0 Å². The van der Waals surface area contributed by atoms with Crippen molar-refractivity contribution in [1.29, 1.82) is 0 Å². The van der Waals surface area contributed by atoms with Crippen LogP contribution < -0.4 is 0 Å². The molecule has 126 valence electrons. The Morgan fingerprint density at radius 3 is 2.71 bits per heavy atom. The number of benzene rings is 1. The van der Waals surface area contributed by atoms with E-state index < -0.39 is 0 Å². The third kappa shape index (κ3) is 3.64. The first-order chi connectivity index (χ1) is 11.6. The van der Waals surface area contributed by atoms with Crippen molar-refractivity contribution in [3.63, 3.8) is 0 Å². The number of aliphatic imine (C=N–C) groups is 1. The number of halogens is 1. The van der Waals surface area contributed by atoms with Crippen molar-refractivity contribution in [3.05, 3.63) is 59.3 Å². The fourth-order valence-corrected chi connectivity index (χ4v) is 3.89. The normalized spacial score (nSPS) is 20.8. The molecular formula is C21H25ClN2. The largest absolute Gasteiger partial charge is 0.329 e. The minimum absolute atomic E-state index is 0.536. The van der Waals surface area contributed by atoms with Gasteiger partial charge in [0.05, 0.1) is 0 Å². The van der Waals surface area contributed by atoms with Crippen molar-refractivity contribution in [2.45, 2.75) is 45.6 Å². The minimum atomic E-state index is 0.536. The number of allylic oxidation sites excluding steroid dienone is 1. The van der Waals surface area contributed by atoms with Crippen LogP contribution in [0.3, 0.4) is 0 Å². The number of hydrogen-bond donors (Lipinski definition) is 0. The SMILES string of the molecule is C=C(C)c1ccn(C2CCC(Cc3ccc(Cl)cc3)C2)c1/N=C\C. The molecule has 1 aliphatic rings. The highest BCUT2D eigenvalue weighted by atomic mass is 35.5. The van der Waals surface area contributed by atoms with Crippen LogP contribution in [0.25, 0.3) is 5.57 Å². The summed E-state index contributed by atoms with van der Waals surface area (Å²) in [5, 5.41) is 0.810. The second-order valence-corrected chi connectivity index (χ2v) is 7.23. The first-order valence-corrected chi connectivity index (χ1v) is 9.06. The average molecular weight is 341 g/mol. The van der Waals surface area contributed by atoms with Gasteiger partial charge in [-0.2, -0.15) is 0 Å². The Morgan fingerprint density at radius 2 is 2.04 bits per heavy atom. The highest BCUT2D eigenvalue weighted by Gasteiger charge is 2.27. The molecule has 1 aromatic carbocycles. The Hall–Kier alpha value is -1.80. The first-order valence-electron chi connectivity index (χ1n) is 8.68. The van der Waals surface area contributed by atoms with Gasteiger partial charge in [0.2, 0.25) is 0 Å². The zero-order valence-corrected chi connectivity index (χ0v) is 15.3. The average Bonchev–Trinajstić information content (AvgIpc) is 3.17. The quantitative estimate of drug-likeness (QED) is 0.554. The van der Waals surface area contributed by atoms with Crippen LogP contribution in [0.5, 0.6) is 0 Å². The lowest BCUT2D eigenvalue weighted by atomic mass is 9.98. The van der Waals surface area contributed by atoms with Crippen molar-refractivity contribution in [3.8, 4) is 0 Å². The molecule has 2 nitrogen and oxygen atoms in total. The summed E-state index contributed by atoms with van der Waals surface area (Å²) >= 11 is 5.98. The Bertz CT molecular complexity index is 740. The summed E-state index contributed by atoms with van der Waals surface area (Å²) in [5.74, 6) is 1.78. The van der Waals surface area contributed by atoms with Crippen LogP contribution in [-0.2, 0) is 6.42 Å². The number of nitrogens with zero attached hydrogens (tertiary/aromatic N) is 2. The number of aromatic nitrogens is 1. The third-order valence-electron chi connectivity index (χ3n) is 4.94. The van der Waals surface area contributed by atoms with Crippen LogP contribution >= 0.6 is 11.6 Å². The summed E-state index contributed by atoms with van der Waals surface area (Å²) in [6.07, 6.45) is 8.88. The molecule has 2 unspecified atom stereocenters.